The average Bonchev–Trinajstić information content (AvgIpc) is 3.16. The molecule has 8 heteroatoms. The van der Waals surface area contributed by atoms with E-state index >= 15 is 0 Å². The maximum Gasteiger partial charge on any atom is 0.408 e. The maximum absolute atomic E-state index is 13.4. The van der Waals surface area contributed by atoms with E-state index in [1.807, 2.05) is 36.4 Å². The summed E-state index contributed by atoms with van der Waals surface area (Å²) in [7, 11) is 1.43. The second-order valence-electron chi connectivity index (χ2n) is 9.06. The Balaban J connectivity index is 1.47. The Kier molecular flexibility index (Phi) is 6.88. The quantitative estimate of drug-likeness (QED) is 0.648. The average molecular weight is 467 g/mol. The van der Waals surface area contributed by atoms with Gasteiger partial charge in [0.2, 0.25) is 0 Å². The summed E-state index contributed by atoms with van der Waals surface area (Å²) in [5.74, 6) is -1.65. The van der Waals surface area contributed by atoms with Crippen LogP contribution in [0.15, 0.2) is 48.5 Å². The number of carbonyl (C=O) groups is 3. The summed E-state index contributed by atoms with van der Waals surface area (Å²) < 4.78 is 10.8. The normalized spacial score (nSPS) is 19.0. The predicted molar refractivity (Wildman–Crippen MR) is 125 cm³/mol. The lowest BCUT2D eigenvalue weighted by molar-refractivity contribution is -0.156. The van der Waals surface area contributed by atoms with Crippen molar-refractivity contribution in [3.05, 3.63) is 59.7 Å². The highest BCUT2D eigenvalue weighted by Gasteiger charge is 2.43. The fraction of sp³-hybridized carbons (Fsp3) is 0.423. The van der Waals surface area contributed by atoms with Gasteiger partial charge < -0.3 is 24.8 Å². The van der Waals surface area contributed by atoms with Crippen molar-refractivity contribution in [1.29, 1.82) is 0 Å². The Morgan fingerprint density at radius 2 is 1.68 bits per heavy atom. The number of aliphatic carboxylic acids is 1. The van der Waals surface area contributed by atoms with E-state index in [4.69, 9.17) is 9.47 Å². The van der Waals surface area contributed by atoms with Crippen LogP contribution in [0.4, 0.5) is 4.79 Å². The van der Waals surface area contributed by atoms with Crippen LogP contribution < -0.4 is 5.32 Å². The van der Waals surface area contributed by atoms with Crippen LogP contribution >= 0.6 is 0 Å². The van der Waals surface area contributed by atoms with Crippen LogP contribution in [0.1, 0.15) is 43.2 Å². The van der Waals surface area contributed by atoms with Crippen molar-refractivity contribution in [2.75, 3.05) is 26.9 Å². The third-order valence-electron chi connectivity index (χ3n) is 6.68. The van der Waals surface area contributed by atoms with E-state index < -0.39 is 29.6 Å². The van der Waals surface area contributed by atoms with E-state index in [-0.39, 0.29) is 19.1 Å². The molecule has 1 heterocycles. The van der Waals surface area contributed by atoms with Crippen molar-refractivity contribution in [2.24, 2.45) is 0 Å². The summed E-state index contributed by atoms with van der Waals surface area (Å²) in [6.07, 6.45) is 1.08. The molecule has 2 aromatic rings. The third-order valence-corrected chi connectivity index (χ3v) is 6.68. The number of carboxylic acid groups (broad SMARTS) is 1. The number of fused-ring (bicyclic) bond motifs is 3. The number of methoxy groups -OCH3 is 1. The first-order valence-electron chi connectivity index (χ1n) is 11.5. The third kappa shape index (κ3) is 4.50. The van der Waals surface area contributed by atoms with Crippen molar-refractivity contribution >= 4 is 18.0 Å². The van der Waals surface area contributed by atoms with E-state index in [1.54, 1.807) is 0 Å². The predicted octanol–water partition coefficient (Wildman–Crippen LogP) is 3.40. The SMILES string of the molecule is COCC(C)(NC(=O)OCC1c2ccccc2-c2ccccc21)C(=O)N1CCCC[C@H]1C(=O)O. The molecule has 1 unspecified atom stereocenters. The van der Waals surface area contributed by atoms with Crippen molar-refractivity contribution in [3.8, 4) is 11.1 Å². The van der Waals surface area contributed by atoms with Gasteiger partial charge >= 0.3 is 12.1 Å². The molecule has 180 valence electrons. The molecule has 1 fully saturated rings. The standard InChI is InChI=1S/C26H30N2O6/c1-26(16-33-2,24(31)28-14-8-7-13-22(28)23(29)30)27-25(32)34-15-21-19-11-5-3-9-17(19)18-10-4-6-12-20(18)21/h3-6,9-12,21-22H,7-8,13-16H2,1-2H3,(H,27,32)(H,29,30)/t22-,26?/m0/s1. The number of ether oxygens (including phenoxy) is 2. The molecule has 1 aliphatic carbocycles. The number of amides is 2. The molecule has 2 amide bonds. The molecule has 34 heavy (non-hydrogen) atoms. The zero-order valence-corrected chi connectivity index (χ0v) is 19.5. The number of hydrogen-bond acceptors (Lipinski definition) is 5. The molecule has 2 aromatic carbocycles. The van der Waals surface area contributed by atoms with Gasteiger partial charge in [0.1, 0.15) is 18.2 Å². The molecule has 1 aliphatic heterocycles. The maximum atomic E-state index is 13.4. The molecule has 2 atom stereocenters. The van der Waals surface area contributed by atoms with Crippen LogP contribution in [0, 0.1) is 0 Å². The number of nitrogens with one attached hydrogen (secondary N) is 1. The molecule has 0 bridgehead atoms. The van der Waals surface area contributed by atoms with Gasteiger partial charge in [-0.2, -0.15) is 0 Å². The van der Waals surface area contributed by atoms with Crippen LogP contribution in [0.2, 0.25) is 0 Å². The van der Waals surface area contributed by atoms with Gasteiger partial charge in [-0.25, -0.2) is 9.59 Å². The second-order valence-corrected chi connectivity index (χ2v) is 9.06. The Hall–Kier alpha value is -3.39. The number of nitrogens with zero attached hydrogens (tertiary/aromatic N) is 1. The van der Waals surface area contributed by atoms with Gasteiger partial charge in [0, 0.05) is 19.6 Å². The molecule has 1 saturated heterocycles. The van der Waals surface area contributed by atoms with E-state index in [0.717, 1.165) is 28.7 Å². The number of hydrogen-bond donors (Lipinski definition) is 2. The van der Waals surface area contributed by atoms with Crippen LogP contribution in [0.5, 0.6) is 0 Å². The van der Waals surface area contributed by atoms with Gasteiger partial charge in [0.05, 0.1) is 6.61 Å². The summed E-state index contributed by atoms with van der Waals surface area (Å²) in [4.78, 5) is 39.2. The molecule has 8 nitrogen and oxygen atoms in total. The molecule has 0 spiro atoms. The van der Waals surface area contributed by atoms with Crippen LogP contribution in [0.3, 0.4) is 0 Å². The number of rotatable bonds is 7. The Bertz CT molecular complexity index is 1040. The first kappa shape index (κ1) is 23.8. The topological polar surface area (TPSA) is 105 Å². The fourth-order valence-corrected chi connectivity index (χ4v) is 5.05. The monoisotopic (exact) mass is 466 g/mol. The number of carbonyl (C=O) groups excluding carboxylic acids is 2. The number of alkyl carbamates (subject to hydrolysis) is 1. The number of carboxylic acids is 1. The lowest BCUT2D eigenvalue weighted by Crippen LogP contribution is -2.63. The van der Waals surface area contributed by atoms with E-state index in [2.05, 4.69) is 17.4 Å². The lowest BCUT2D eigenvalue weighted by atomic mass is 9.95. The van der Waals surface area contributed by atoms with Gasteiger partial charge in [-0.15, -0.1) is 0 Å². The Morgan fingerprint density at radius 1 is 1.06 bits per heavy atom. The summed E-state index contributed by atoms with van der Waals surface area (Å²) in [5.41, 5.74) is 2.96. The van der Waals surface area contributed by atoms with Crippen molar-refractivity contribution < 1.29 is 29.0 Å². The van der Waals surface area contributed by atoms with E-state index in [1.165, 1.54) is 18.9 Å². The Morgan fingerprint density at radius 3 is 2.26 bits per heavy atom. The summed E-state index contributed by atoms with van der Waals surface area (Å²) in [6, 6.07) is 15.1. The van der Waals surface area contributed by atoms with Gasteiger partial charge in [-0.3, -0.25) is 4.79 Å². The van der Waals surface area contributed by atoms with Gasteiger partial charge in [-0.05, 0) is 48.4 Å². The van der Waals surface area contributed by atoms with Gasteiger partial charge in [-0.1, -0.05) is 48.5 Å². The number of piperidine rings is 1. The molecular weight excluding hydrogens is 436 g/mol. The molecular formula is C26H30N2O6. The van der Waals surface area contributed by atoms with E-state index in [9.17, 15) is 19.5 Å². The molecule has 2 aliphatic rings. The lowest BCUT2D eigenvalue weighted by Gasteiger charge is -2.39. The summed E-state index contributed by atoms with van der Waals surface area (Å²) in [6.45, 7) is 1.85. The highest BCUT2D eigenvalue weighted by atomic mass is 16.5. The first-order chi connectivity index (χ1) is 16.4. The van der Waals surface area contributed by atoms with Crippen molar-refractivity contribution in [3.63, 3.8) is 0 Å². The minimum absolute atomic E-state index is 0.110. The first-order valence-corrected chi connectivity index (χ1v) is 11.5. The van der Waals surface area contributed by atoms with Crippen LogP contribution in [-0.4, -0.2) is 66.4 Å². The molecule has 0 saturated carbocycles. The zero-order valence-electron chi connectivity index (χ0n) is 19.5. The smallest absolute Gasteiger partial charge is 0.408 e. The molecule has 2 N–H and O–H groups in total. The molecule has 4 rings (SSSR count). The number of likely N-dealkylation sites (tertiary alicyclic amines) is 1. The summed E-state index contributed by atoms with van der Waals surface area (Å²) >= 11 is 0. The van der Waals surface area contributed by atoms with E-state index in [0.29, 0.717) is 19.4 Å². The van der Waals surface area contributed by atoms with Crippen LogP contribution in [0.25, 0.3) is 11.1 Å². The fourth-order valence-electron chi connectivity index (χ4n) is 5.05. The Labute approximate surface area is 198 Å². The summed E-state index contributed by atoms with van der Waals surface area (Å²) in [5, 5.41) is 12.2. The minimum atomic E-state index is -1.46. The van der Waals surface area contributed by atoms with Gasteiger partial charge in [0.15, 0.2) is 0 Å². The van der Waals surface area contributed by atoms with Crippen molar-refractivity contribution in [2.45, 2.75) is 43.7 Å². The van der Waals surface area contributed by atoms with Crippen molar-refractivity contribution in [1.82, 2.24) is 10.2 Å². The minimum Gasteiger partial charge on any atom is -0.480 e. The second kappa shape index (κ2) is 9.85. The molecule has 0 aromatic heterocycles. The molecule has 0 radical (unpaired) electrons. The number of benzene rings is 2. The van der Waals surface area contributed by atoms with Gasteiger partial charge in [0.25, 0.3) is 5.91 Å². The highest BCUT2D eigenvalue weighted by Crippen LogP contribution is 2.44. The zero-order chi connectivity index (χ0) is 24.3. The van der Waals surface area contributed by atoms with Crippen LogP contribution in [-0.2, 0) is 19.1 Å². The largest absolute Gasteiger partial charge is 0.480 e. The highest BCUT2D eigenvalue weighted by molar-refractivity contribution is 5.92.